The number of hydrogen-bond acceptors (Lipinski definition) is 7. The van der Waals surface area contributed by atoms with E-state index in [2.05, 4.69) is 10.7 Å². The van der Waals surface area contributed by atoms with Crippen molar-refractivity contribution in [2.75, 3.05) is 0 Å². The van der Waals surface area contributed by atoms with Gasteiger partial charge in [0.25, 0.3) is 0 Å². The molecule has 170 valence electrons. The van der Waals surface area contributed by atoms with E-state index in [-0.39, 0.29) is 19.4 Å². The Labute approximate surface area is 196 Å². The number of quaternary nitrogens is 1. The maximum Gasteiger partial charge on any atom is 0.318 e. The van der Waals surface area contributed by atoms with Gasteiger partial charge in [0, 0.05) is 0 Å². The summed E-state index contributed by atoms with van der Waals surface area (Å²) in [6, 6.07) is 17.9. The molecule has 1 aromatic heterocycles. The lowest BCUT2D eigenvalue weighted by atomic mass is 9.97. The molecule has 0 bridgehead atoms. The third-order valence-electron chi connectivity index (χ3n) is 4.98. The van der Waals surface area contributed by atoms with Crippen LogP contribution in [0.1, 0.15) is 50.5 Å². The number of aromatic nitrogens is 1. The smallest absolute Gasteiger partial charge is 0.318 e. The van der Waals surface area contributed by atoms with Crippen LogP contribution in [0, 0.1) is 0 Å². The number of esters is 1. The van der Waals surface area contributed by atoms with E-state index < -0.39 is 11.9 Å². The Morgan fingerprint density at radius 3 is 2.34 bits per heavy atom. The summed E-state index contributed by atoms with van der Waals surface area (Å²) in [6.07, 6.45) is 7.02. The summed E-state index contributed by atoms with van der Waals surface area (Å²) in [5.74, 6) is -0.897. The first kappa shape index (κ1) is 24.2. The highest BCUT2D eigenvalue weighted by molar-refractivity contribution is 7.97. The van der Waals surface area contributed by atoms with E-state index >= 15 is 0 Å². The number of fused-ring (bicyclic) bond motifs is 1. The Hall–Kier alpha value is -2.42. The van der Waals surface area contributed by atoms with Gasteiger partial charge in [-0.3, -0.25) is 9.59 Å². The molecule has 0 amide bonds. The Morgan fingerprint density at radius 2 is 1.66 bits per heavy atom. The second kappa shape index (κ2) is 13.2. The zero-order chi connectivity index (χ0) is 22.6. The normalized spacial score (nSPS) is 13.8. The van der Waals surface area contributed by atoms with Gasteiger partial charge >= 0.3 is 11.9 Å². The molecule has 1 heterocycles. The van der Waals surface area contributed by atoms with Crippen molar-refractivity contribution >= 4 is 45.5 Å². The second-order valence-electron chi connectivity index (χ2n) is 7.64. The van der Waals surface area contributed by atoms with Crippen LogP contribution in [0.3, 0.4) is 0 Å². The van der Waals surface area contributed by atoms with Gasteiger partial charge in [-0.05, 0) is 43.4 Å². The standard InChI is InChI=1S/C18H15NO4S2.C6H13N/c20-16(22-12-13-6-2-1-3-7-13)10-11-17(21)23-25-18-19-14-8-4-5-9-15(14)24-18;7-6-4-2-1-3-5-6/h1-9H,10-12H2;6H,1-5,7H2/p+1. The summed E-state index contributed by atoms with van der Waals surface area (Å²) in [7, 11) is 0. The number of benzene rings is 2. The Balaban J connectivity index is 0.000000352. The average Bonchev–Trinajstić information content (AvgIpc) is 3.25. The molecule has 32 heavy (non-hydrogen) atoms. The van der Waals surface area contributed by atoms with Crippen molar-refractivity contribution in [1.82, 2.24) is 4.98 Å². The van der Waals surface area contributed by atoms with Crippen molar-refractivity contribution in [3.63, 3.8) is 0 Å². The summed E-state index contributed by atoms with van der Waals surface area (Å²) in [5.41, 5.74) is 5.78. The number of rotatable bonds is 7. The van der Waals surface area contributed by atoms with E-state index in [1.165, 1.54) is 43.4 Å². The molecule has 4 rings (SSSR count). The van der Waals surface area contributed by atoms with E-state index in [0.29, 0.717) is 4.34 Å². The van der Waals surface area contributed by atoms with Crippen molar-refractivity contribution in [2.24, 2.45) is 0 Å². The summed E-state index contributed by atoms with van der Waals surface area (Å²) >= 11 is 2.37. The predicted octanol–water partition coefficient (Wildman–Crippen LogP) is 4.93. The largest absolute Gasteiger partial charge is 0.461 e. The Bertz CT molecular complexity index is 955. The maximum atomic E-state index is 11.7. The Kier molecular flexibility index (Phi) is 9.99. The molecule has 3 aromatic rings. The molecule has 1 aliphatic carbocycles. The average molecular weight is 474 g/mol. The van der Waals surface area contributed by atoms with Gasteiger partial charge < -0.3 is 14.7 Å². The maximum absolute atomic E-state index is 11.7. The van der Waals surface area contributed by atoms with E-state index in [9.17, 15) is 9.59 Å². The van der Waals surface area contributed by atoms with Crippen LogP contribution < -0.4 is 5.73 Å². The lowest BCUT2D eigenvalue weighted by Crippen LogP contribution is -2.61. The summed E-state index contributed by atoms with van der Waals surface area (Å²) < 4.78 is 11.9. The predicted molar refractivity (Wildman–Crippen MR) is 127 cm³/mol. The highest BCUT2D eigenvalue weighted by Crippen LogP contribution is 2.30. The van der Waals surface area contributed by atoms with Gasteiger partial charge in [0.1, 0.15) is 18.6 Å². The number of para-hydroxylation sites is 1. The van der Waals surface area contributed by atoms with E-state index in [4.69, 9.17) is 8.92 Å². The molecule has 0 saturated heterocycles. The fourth-order valence-electron chi connectivity index (χ4n) is 3.21. The fourth-order valence-corrected chi connectivity index (χ4v) is 4.80. The SMILES string of the molecule is O=C(CCC(=O)OSc1nc2ccccc2s1)OCc1ccccc1.[NH3+]C1CCCCC1. The quantitative estimate of drug-likeness (QED) is 0.386. The van der Waals surface area contributed by atoms with Crippen LogP contribution in [-0.2, 0) is 25.1 Å². The molecule has 0 spiro atoms. The van der Waals surface area contributed by atoms with Crippen molar-refractivity contribution < 1.29 is 24.2 Å². The van der Waals surface area contributed by atoms with Crippen LogP contribution >= 0.6 is 23.4 Å². The second-order valence-corrected chi connectivity index (χ2v) is 9.65. The fraction of sp³-hybridized carbons (Fsp3) is 0.375. The molecule has 0 atom stereocenters. The third-order valence-corrected chi connectivity index (χ3v) is 6.77. The minimum absolute atomic E-state index is 0.00787. The molecular formula is C24H29N2O4S2+. The molecule has 1 aliphatic rings. The molecule has 1 fully saturated rings. The minimum Gasteiger partial charge on any atom is -0.461 e. The van der Waals surface area contributed by atoms with Crippen molar-refractivity contribution in [1.29, 1.82) is 0 Å². The van der Waals surface area contributed by atoms with Gasteiger partial charge in [0.15, 0.2) is 4.34 Å². The van der Waals surface area contributed by atoms with Gasteiger partial charge in [0.2, 0.25) is 0 Å². The molecule has 8 heteroatoms. The van der Waals surface area contributed by atoms with Gasteiger partial charge in [-0.1, -0.05) is 48.9 Å². The van der Waals surface area contributed by atoms with Crippen molar-refractivity contribution in [3.05, 3.63) is 60.2 Å². The highest BCUT2D eigenvalue weighted by Gasteiger charge is 2.12. The number of ether oxygens (including phenoxy) is 1. The van der Waals surface area contributed by atoms with Gasteiger partial charge in [-0.25, -0.2) is 4.98 Å². The van der Waals surface area contributed by atoms with Crippen LogP contribution in [0.25, 0.3) is 10.2 Å². The molecule has 2 aromatic carbocycles. The van der Waals surface area contributed by atoms with Gasteiger partial charge in [-0.15, -0.1) is 11.3 Å². The number of carbonyl (C=O) groups excluding carboxylic acids is 2. The van der Waals surface area contributed by atoms with Gasteiger partial charge in [-0.2, -0.15) is 0 Å². The number of nitrogens with zero attached hydrogens (tertiary/aromatic N) is 1. The van der Waals surface area contributed by atoms with Crippen LogP contribution in [0.4, 0.5) is 0 Å². The number of carbonyl (C=O) groups is 2. The number of thiazole rings is 1. The summed E-state index contributed by atoms with van der Waals surface area (Å²) in [6.45, 7) is 0.204. The summed E-state index contributed by atoms with van der Waals surface area (Å²) in [4.78, 5) is 27.8. The van der Waals surface area contributed by atoms with E-state index in [1.54, 1.807) is 0 Å². The topological polar surface area (TPSA) is 93.1 Å². The molecule has 3 N–H and O–H groups in total. The van der Waals surface area contributed by atoms with Crippen molar-refractivity contribution in [2.45, 2.75) is 61.9 Å². The van der Waals surface area contributed by atoms with E-state index in [0.717, 1.165) is 33.9 Å². The highest BCUT2D eigenvalue weighted by atomic mass is 32.2. The lowest BCUT2D eigenvalue weighted by Gasteiger charge is -2.12. The zero-order valence-corrected chi connectivity index (χ0v) is 19.7. The first-order valence-corrected chi connectivity index (χ1v) is 12.4. The molecule has 0 unspecified atom stereocenters. The number of hydrogen-bond donors (Lipinski definition) is 1. The molecule has 0 aliphatic heterocycles. The molecule has 1 saturated carbocycles. The zero-order valence-electron chi connectivity index (χ0n) is 18.0. The van der Waals surface area contributed by atoms with Crippen molar-refractivity contribution in [3.8, 4) is 0 Å². The monoisotopic (exact) mass is 473 g/mol. The van der Waals surface area contributed by atoms with Crippen LogP contribution in [-0.4, -0.2) is 23.0 Å². The first-order chi connectivity index (χ1) is 15.6. The summed E-state index contributed by atoms with van der Waals surface area (Å²) in [5, 5.41) is 0. The van der Waals surface area contributed by atoms with Gasteiger partial charge in [0.05, 0.1) is 29.1 Å². The van der Waals surface area contributed by atoms with E-state index in [1.807, 2.05) is 54.6 Å². The lowest BCUT2D eigenvalue weighted by molar-refractivity contribution is -0.425. The van der Waals surface area contributed by atoms with Crippen LogP contribution in [0.5, 0.6) is 0 Å². The van der Waals surface area contributed by atoms with Crippen LogP contribution in [0.15, 0.2) is 58.9 Å². The minimum atomic E-state index is -0.471. The molecule has 6 nitrogen and oxygen atoms in total. The third kappa shape index (κ3) is 8.61. The van der Waals surface area contributed by atoms with Crippen LogP contribution in [0.2, 0.25) is 0 Å². The molecular weight excluding hydrogens is 444 g/mol. The first-order valence-electron chi connectivity index (χ1n) is 10.9. The molecule has 0 radical (unpaired) electrons. The Morgan fingerprint density at radius 1 is 0.969 bits per heavy atom.